The van der Waals surface area contributed by atoms with E-state index in [2.05, 4.69) is 16.0 Å². The predicted octanol–water partition coefficient (Wildman–Crippen LogP) is 1.59. The van der Waals surface area contributed by atoms with Gasteiger partial charge in [-0.1, -0.05) is 36.4 Å². The number of hydrogen-bond acceptors (Lipinski definition) is 4. The molecule has 1 aliphatic heterocycles. The first kappa shape index (κ1) is 23.1. The quantitative estimate of drug-likeness (QED) is 0.544. The lowest BCUT2D eigenvalue weighted by molar-refractivity contribution is -0.135. The Kier molecular flexibility index (Phi) is 7.32. The lowest BCUT2D eigenvalue weighted by Gasteiger charge is -2.20. The molecule has 0 unspecified atom stereocenters. The molecule has 32 heavy (non-hydrogen) atoms. The maximum absolute atomic E-state index is 13.3. The van der Waals surface area contributed by atoms with Gasteiger partial charge in [-0.3, -0.25) is 14.4 Å². The van der Waals surface area contributed by atoms with Crippen LogP contribution in [0.4, 0.5) is 8.78 Å². The number of nitrogens with one attached hydrogen (secondary N) is 3. The van der Waals surface area contributed by atoms with E-state index in [4.69, 9.17) is 0 Å². The van der Waals surface area contributed by atoms with E-state index in [9.17, 15) is 28.3 Å². The summed E-state index contributed by atoms with van der Waals surface area (Å²) in [5, 5.41) is 17.7. The van der Waals surface area contributed by atoms with Gasteiger partial charge in [0.1, 0.15) is 23.7 Å². The Morgan fingerprint density at radius 2 is 1.75 bits per heavy atom. The summed E-state index contributed by atoms with van der Waals surface area (Å²) in [6, 6.07) is 9.82. The van der Waals surface area contributed by atoms with Crippen molar-refractivity contribution in [3.8, 4) is 0 Å². The predicted molar refractivity (Wildman–Crippen MR) is 113 cm³/mol. The zero-order valence-corrected chi connectivity index (χ0v) is 17.3. The average molecular weight is 443 g/mol. The van der Waals surface area contributed by atoms with Crippen LogP contribution < -0.4 is 16.0 Å². The van der Waals surface area contributed by atoms with Gasteiger partial charge in [-0.15, -0.1) is 0 Å². The summed E-state index contributed by atoms with van der Waals surface area (Å²) in [4.78, 5) is 37.1. The highest BCUT2D eigenvalue weighted by molar-refractivity contribution is 5.93. The van der Waals surface area contributed by atoms with E-state index >= 15 is 0 Å². The third kappa shape index (κ3) is 5.76. The zero-order valence-electron chi connectivity index (χ0n) is 17.3. The smallest absolute Gasteiger partial charge is 0.254 e. The first-order valence-electron chi connectivity index (χ1n) is 10.0. The molecule has 168 valence electrons. The molecule has 0 aliphatic carbocycles. The van der Waals surface area contributed by atoms with Crippen LogP contribution in [-0.4, -0.2) is 41.5 Å². The molecule has 2 aromatic rings. The van der Waals surface area contributed by atoms with E-state index in [-0.39, 0.29) is 17.9 Å². The van der Waals surface area contributed by atoms with Gasteiger partial charge in [0.05, 0.1) is 0 Å². The van der Waals surface area contributed by atoms with Crippen molar-refractivity contribution in [2.24, 2.45) is 0 Å². The van der Waals surface area contributed by atoms with Gasteiger partial charge >= 0.3 is 0 Å². The van der Waals surface area contributed by atoms with Crippen LogP contribution in [0.2, 0.25) is 0 Å². The van der Waals surface area contributed by atoms with Gasteiger partial charge in [0.25, 0.3) is 5.91 Å². The van der Waals surface area contributed by atoms with Crippen molar-refractivity contribution in [2.75, 3.05) is 6.54 Å². The minimum Gasteiger partial charge on any atom is -0.378 e. The minimum absolute atomic E-state index is 0.258. The molecule has 9 heteroatoms. The van der Waals surface area contributed by atoms with E-state index in [1.807, 2.05) is 36.4 Å². The molecule has 0 saturated heterocycles. The third-order valence-electron chi connectivity index (χ3n) is 5.03. The minimum atomic E-state index is -1.87. The van der Waals surface area contributed by atoms with Crippen LogP contribution in [0.1, 0.15) is 30.6 Å². The number of aliphatic hydroxyl groups excluding tert-OH is 1. The fraction of sp³-hybridized carbons (Fsp3) is 0.261. The third-order valence-corrected chi connectivity index (χ3v) is 5.03. The molecular weight excluding hydrogens is 420 g/mol. The second-order valence-corrected chi connectivity index (χ2v) is 7.45. The van der Waals surface area contributed by atoms with Gasteiger partial charge < -0.3 is 21.1 Å². The van der Waals surface area contributed by atoms with Crippen molar-refractivity contribution in [3.63, 3.8) is 0 Å². The fourth-order valence-corrected chi connectivity index (χ4v) is 3.28. The number of amides is 3. The fourth-order valence-electron chi connectivity index (χ4n) is 3.28. The molecule has 1 heterocycles. The van der Waals surface area contributed by atoms with Crippen molar-refractivity contribution >= 4 is 23.3 Å². The molecule has 4 N–H and O–H groups in total. The van der Waals surface area contributed by atoms with Crippen molar-refractivity contribution in [2.45, 2.75) is 31.5 Å². The Bertz CT molecular complexity index is 1020. The SMILES string of the molecule is C[C@H](NC(=O)[C@H](O)c1cc(F)cc(F)c1)C(=O)N[C@H]1CC=C(c2ccccc2)CNC1=O. The molecule has 1 aliphatic rings. The number of carbonyl (C=O) groups is 3. The number of rotatable bonds is 6. The van der Waals surface area contributed by atoms with E-state index in [0.717, 1.165) is 23.3 Å². The van der Waals surface area contributed by atoms with Crippen molar-refractivity contribution in [1.82, 2.24) is 16.0 Å². The van der Waals surface area contributed by atoms with Gasteiger partial charge in [0, 0.05) is 12.6 Å². The molecule has 0 aromatic heterocycles. The zero-order chi connectivity index (χ0) is 23.3. The van der Waals surface area contributed by atoms with Crippen LogP contribution in [-0.2, 0) is 14.4 Å². The summed E-state index contributed by atoms with van der Waals surface area (Å²) in [5.74, 6) is -3.91. The van der Waals surface area contributed by atoms with Gasteiger partial charge in [0.2, 0.25) is 11.8 Å². The van der Waals surface area contributed by atoms with Crippen LogP contribution in [0.15, 0.2) is 54.6 Å². The second-order valence-electron chi connectivity index (χ2n) is 7.45. The van der Waals surface area contributed by atoms with E-state index in [1.54, 1.807) is 0 Å². The van der Waals surface area contributed by atoms with Crippen molar-refractivity contribution < 1.29 is 28.3 Å². The highest BCUT2D eigenvalue weighted by Gasteiger charge is 2.27. The molecule has 7 nitrogen and oxygen atoms in total. The van der Waals surface area contributed by atoms with Gasteiger partial charge in [-0.25, -0.2) is 8.78 Å². The number of aliphatic hydroxyl groups is 1. The molecule has 0 spiro atoms. The second kappa shape index (κ2) is 10.1. The standard InChI is InChI=1S/C23H23F2N3O4/c1-13(27-23(32)20(29)16-9-17(24)11-18(25)10-16)21(30)28-19-8-7-15(12-26-22(19)31)14-5-3-2-4-6-14/h2-7,9-11,13,19-20,29H,8,12H2,1H3,(H,26,31)(H,27,32)(H,28,30)/t13-,19-,20+/m0/s1. The number of benzene rings is 2. The Balaban J connectivity index is 1.60. The summed E-state index contributed by atoms with van der Waals surface area (Å²) in [7, 11) is 0. The van der Waals surface area contributed by atoms with E-state index < -0.39 is 41.6 Å². The lowest BCUT2D eigenvalue weighted by atomic mass is 10.0. The molecule has 3 amide bonds. The molecule has 2 aromatic carbocycles. The maximum atomic E-state index is 13.3. The van der Waals surface area contributed by atoms with Crippen molar-refractivity contribution in [1.29, 1.82) is 0 Å². The molecule has 0 saturated carbocycles. The van der Waals surface area contributed by atoms with Crippen LogP contribution >= 0.6 is 0 Å². The molecule has 0 bridgehead atoms. The van der Waals surface area contributed by atoms with Crippen molar-refractivity contribution in [3.05, 3.63) is 77.4 Å². The van der Waals surface area contributed by atoms with Gasteiger partial charge in [0.15, 0.2) is 6.10 Å². The molecular formula is C23H23F2N3O4. The molecule has 3 rings (SSSR count). The van der Waals surface area contributed by atoms with Crippen LogP contribution in [0.25, 0.3) is 5.57 Å². The molecule has 3 atom stereocenters. The summed E-state index contributed by atoms with van der Waals surface area (Å²) < 4.78 is 26.6. The van der Waals surface area contributed by atoms with E-state index in [0.29, 0.717) is 12.6 Å². The Labute approximate surface area is 183 Å². The largest absolute Gasteiger partial charge is 0.378 e. The van der Waals surface area contributed by atoms with Crippen LogP contribution in [0.3, 0.4) is 0 Å². The first-order chi connectivity index (χ1) is 15.2. The highest BCUT2D eigenvalue weighted by Crippen LogP contribution is 2.18. The highest BCUT2D eigenvalue weighted by atomic mass is 19.1. The average Bonchev–Trinajstić information content (AvgIpc) is 2.94. The van der Waals surface area contributed by atoms with E-state index in [1.165, 1.54) is 6.92 Å². The monoisotopic (exact) mass is 443 g/mol. The number of halogens is 2. The molecule has 0 fully saturated rings. The normalized spacial score (nSPS) is 17.9. The van der Waals surface area contributed by atoms with Crippen LogP contribution in [0, 0.1) is 11.6 Å². The van der Waals surface area contributed by atoms with Crippen LogP contribution in [0.5, 0.6) is 0 Å². The number of hydrogen-bond donors (Lipinski definition) is 4. The lowest BCUT2D eigenvalue weighted by Crippen LogP contribution is -2.52. The summed E-state index contributed by atoms with van der Waals surface area (Å²) in [6.07, 6.45) is 0.255. The summed E-state index contributed by atoms with van der Waals surface area (Å²) >= 11 is 0. The molecule has 0 radical (unpaired) electrons. The summed E-state index contributed by atoms with van der Waals surface area (Å²) in [6.45, 7) is 1.68. The maximum Gasteiger partial charge on any atom is 0.254 e. The first-order valence-corrected chi connectivity index (χ1v) is 10.0. The van der Waals surface area contributed by atoms with Gasteiger partial charge in [-0.2, -0.15) is 0 Å². The summed E-state index contributed by atoms with van der Waals surface area (Å²) in [5.41, 5.74) is 1.60. The number of carbonyl (C=O) groups excluding carboxylic acids is 3. The Hall–Kier alpha value is -3.59. The Morgan fingerprint density at radius 3 is 2.41 bits per heavy atom. The Morgan fingerprint density at radius 1 is 1.09 bits per heavy atom. The van der Waals surface area contributed by atoms with Gasteiger partial charge in [-0.05, 0) is 42.2 Å². The topological polar surface area (TPSA) is 108 Å².